The molecule has 0 aliphatic rings. The van der Waals surface area contributed by atoms with Crippen LogP contribution in [0.5, 0.6) is 0 Å². The van der Waals surface area contributed by atoms with E-state index in [4.69, 9.17) is 0 Å². The van der Waals surface area contributed by atoms with E-state index in [9.17, 15) is 13.5 Å². The molecule has 5 heteroatoms. The fourth-order valence-electron chi connectivity index (χ4n) is 1.44. The highest BCUT2D eigenvalue weighted by Crippen LogP contribution is 2.15. The van der Waals surface area contributed by atoms with Crippen molar-refractivity contribution in [1.29, 1.82) is 0 Å². The number of benzene rings is 1. The fraction of sp³-hybridized carbons (Fsp3) is 0.429. The first-order chi connectivity index (χ1) is 8.73. The molecule has 0 aliphatic heterocycles. The maximum absolute atomic E-state index is 11.6. The van der Waals surface area contributed by atoms with Crippen molar-refractivity contribution >= 4 is 16.1 Å². The Hall–Kier alpha value is -1.17. The number of sulfonamides is 1. The van der Waals surface area contributed by atoms with Crippen LogP contribution in [-0.2, 0) is 10.0 Å². The lowest BCUT2D eigenvalue weighted by atomic mass is 10.0. The molecule has 4 nitrogen and oxygen atoms in total. The molecule has 0 saturated heterocycles. The van der Waals surface area contributed by atoms with Gasteiger partial charge in [-0.15, -0.1) is 0 Å². The molecule has 0 amide bonds. The molecule has 1 atom stereocenters. The first-order valence-electron chi connectivity index (χ1n) is 6.10. The lowest BCUT2D eigenvalue weighted by Crippen LogP contribution is -2.31. The van der Waals surface area contributed by atoms with Crippen LogP contribution in [0.15, 0.2) is 36.4 Å². The Kier molecular flexibility index (Phi) is 5.29. The lowest BCUT2D eigenvalue weighted by molar-refractivity contribution is 0.109. The van der Waals surface area contributed by atoms with Crippen LogP contribution in [0, 0.1) is 0 Å². The van der Waals surface area contributed by atoms with E-state index in [1.54, 1.807) is 19.1 Å². The minimum atomic E-state index is -3.27. The first kappa shape index (κ1) is 15.9. The summed E-state index contributed by atoms with van der Waals surface area (Å²) in [6, 6.07) is 9.57. The summed E-state index contributed by atoms with van der Waals surface area (Å²) in [5, 5.41) is 10.2. The quantitative estimate of drug-likeness (QED) is 0.865. The third kappa shape index (κ3) is 5.55. The summed E-state index contributed by atoms with van der Waals surface area (Å²) in [6.45, 7) is 1.61. The van der Waals surface area contributed by atoms with Crippen LogP contribution < -0.4 is 0 Å². The van der Waals surface area contributed by atoms with Crippen molar-refractivity contribution < 1.29 is 13.5 Å². The highest BCUT2D eigenvalue weighted by Gasteiger charge is 2.22. The summed E-state index contributed by atoms with van der Waals surface area (Å²) < 4.78 is 24.5. The fourth-order valence-corrected chi connectivity index (χ4v) is 2.48. The number of hydrogen-bond donors (Lipinski definition) is 1. The highest BCUT2D eigenvalue weighted by molar-refractivity contribution is 7.89. The van der Waals surface area contributed by atoms with Crippen molar-refractivity contribution in [2.45, 2.75) is 18.9 Å². The molecule has 1 unspecified atom stereocenters. The summed E-state index contributed by atoms with van der Waals surface area (Å²) in [7, 11) is -0.295. The van der Waals surface area contributed by atoms with Gasteiger partial charge in [0.1, 0.15) is 0 Å². The number of nitrogens with zero attached hydrogens (tertiary/aromatic N) is 1. The van der Waals surface area contributed by atoms with Crippen molar-refractivity contribution in [3.8, 4) is 0 Å². The van der Waals surface area contributed by atoms with Gasteiger partial charge in [-0.3, -0.25) is 0 Å². The molecular weight excluding hydrogens is 262 g/mol. The molecule has 0 spiro atoms. The normalized spacial score (nSPS) is 15.8. The Balaban J connectivity index is 2.65. The van der Waals surface area contributed by atoms with Gasteiger partial charge in [0.05, 0.1) is 11.4 Å². The third-order valence-corrected chi connectivity index (χ3v) is 4.69. The van der Waals surface area contributed by atoms with E-state index in [1.807, 2.05) is 30.3 Å². The number of hydrogen-bond acceptors (Lipinski definition) is 3. The summed E-state index contributed by atoms with van der Waals surface area (Å²) >= 11 is 0. The molecule has 19 heavy (non-hydrogen) atoms. The van der Waals surface area contributed by atoms with Crippen molar-refractivity contribution in [1.82, 2.24) is 4.31 Å². The molecule has 1 aromatic carbocycles. The van der Waals surface area contributed by atoms with E-state index in [2.05, 4.69) is 0 Å². The predicted octanol–water partition coefficient (Wildman–Crippen LogP) is 1.73. The SMILES string of the molecule is CN(C)S(=O)(=O)CCC(C)(O)/C=C/c1ccccc1. The Morgan fingerprint density at radius 3 is 2.37 bits per heavy atom. The Labute approximate surface area is 115 Å². The monoisotopic (exact) mass is 283 g/mol. The van der Waals surface area contributed by atoms with Gasteiger partial charge in [0, 0.05) is 14.1 Å². The van der Waals surface area contributed by atoms with Crippen LogP contribution in [0.1, 0.15) is 18.9 Å². The second-order valence-corrected chi connectivity index (χ2v) is 7.25. The third-order valence-electron chi connectivity index (χ3n) is 2.86. The van der Waals surface area contributed by atoms with Crippen molar-refractivity contribution in [2.75, 3.05) is 19.8 Å². The van der Waals surface area contributed by atoms with Gasteiger partial charge in [0.25, 0.3) is 0 Å². The summed E-state index contributed by atoms with van der Waals surface area (Å²) in [4.78, 5) is 0. The number of rotatable bonds is 6. The Morgan fingerprint density at radius 1 is 1.26 bits per heavy atom. The van der Waals surface area contributed by atoms with E-state index >= 15 is 0 Å². The van der Waals surface area contributed by atoms with Gasteiger partial charge in [-0.25, -0.2) is 12.7 Å². The maximum atomic E-state index is 11.6. The van der Waals surface area contributed by atoms with Crippen molar-refractivity contribution in [3.63, 3.8) is 0 Å². The highest BCUT2D eigenvalue weighted by atomic mass is 32.2. The maximum Gasteiger partial charge on any atom is 0.213 e. The molecule has 0 aromatic heterocycles. The van der Waals surface area contributed by atoms with Crippen LogP contribution in [0.4, 0.5) is 0 Å². The van der Waals surface area contributed by atoms with E-state index in [-0.39, 0.29) is 12.2 Å². The topological polar surface area (TPSA) is 57.6 Å². The first-order valence-corrected chi connectivity index (χ1v) is 7.71. The Bertz CT molecular complexity index is 519. The van der Waals surface area contributed by atoms with E-state index in [0.717, 1.165) is 5.56 Å². The minimum Gasteiger partial charge on any atom is -0.386 e. The largest absolute Gasteiger partial charge is 0.386 e. The van der Waals surface area contributed by atoms with E-state index < -0.39 is 15.6 Å². The second-order valence-electron chi connectivity index (χ2n) is 4.95. The molecule has 0 heterocycles. The molecule has 0 bridgehead atoms. The summed E-state index contributed by atoms with van der Waals surface area (Å²) in [6.07, 6.45) is 3.59. The van der Waals surface area contributed by atoms with Gasteiger partial charge in [0.15, 0.2) is 0 Å². The smallest absolute Gasteiger partial charge is 0.213 e. The lowest BCUT2D eigenvalue weighted by Gasteiger charge is -2.20. The molecule has 1 aromatic rings. The van der Waals surface area contributed by atoms with E-state index in [1.165, 1.54) is 18.4 Å². The molecular formula is C14H21NO3S. The molecule has 1 N–H and O–H groups in total. The molecule has 0 saturated carbocycles. The molecule has 0 fully saturated rings. The van der Waals surface area contributed by atoms with Gasteiger partial charge in [-0.2, -0.15) is 0 Å². The minimum absolute atomic E-state index is 0.0773. The summed E-state index contributed by atoms with van der Waals surface area (Å²) in [5.74, 6) is -0.0773. The molecule has 0 aliphatic carbocycles. The zero-order chi connectivity index (χ0) is 14.5. The van der Waals surface area contributed by atoms with Crippen molar-refractivity contribution in [3.05, 3.63) is 42.0 Å². The van der Waals surface area contributed by atoms with Crippen LogP contribution in [0.2, 0.25) is 0 Å². The number of aliphatic hydroxyl groups is 1. The molecule has 1 rings (SSSR count). The van der Waals surface area contributed by atoms with Gasteiger partial charge in [0.2, 0.25) is 10.0 Å². The second kappa shape index (κ2) is 6.32. The van der Waals surface area contributed by atoms with Gasteiger partial charge in [-0.05, 0) is 18.9 Å². The van der Waals surface area contributed by atoms with Gasteiger partial charge >= 0.3 is 0 Å². The molecule has 0 radical (unpaired) electrons. The Morgan fingerprint density at radius 2 is 1.84 bits per heavy atom. The summed E-state index contributed by atoms with van der Waals surface area (Å²) in [5.41, 5.74) is -0.169. The standard InChI is InChI=1S/C14H21NO3S/c1-14(16,11-12-19(17,18)15(2)3)10-9-13-7-5-4-6-8-13/h4-10,16H,11-12H2,1-3H3/b10-9+. The zero-order valence-corrected chi connectivity index (χ0v) is 12.4. The van der Waals surface area contributed by atoms with Crippen LogP contribution in [0.3, 0.4) is 0 Å². The van der Waals surface area contributed by atoms with E-state index in [0.29, 0.717) is 0 Å². The van der Waals surface area contributed by atoms with Crippen LogP contribution in [-0.4, -0.2) is 43.3 Å². The average molecular weight is 283 g/mol. The van der Waals surface area contributed by atoms with Crippen LogP contribution >= 0.6 is 0 Å². The van der Waals surface area contributed by atoms with Crippen molar-refractivity contribution in [2.24, 2.45) is 0 Å². The average Bonchev–Trinajstić information content (AvgIpc) is 2.36. The van der Waals surface area contributed by atoms with Gasteiger partial charge < -0.3 is 5.11 Å². The van der Waals surface area contributed by atoms with Crippen LogP contribution in [0.25, 0.3) is 6.08 Å². The zero-order valence-electron chi connectivity index (χ0n) is 11.6. The predicted molar refractivity (Wildman–Crippen MR) is 78.2 cm³/mol. The van der Waals surface area contributed by atoms with Gasteiger partial charge in [-0.1, -0.05) is 42.5 Å². The molecule has 106 valence electrons.